The summed E-state index contributed by atoms with van der Waals surface area (Å²) in [6.45, 7) is 3.03. The largest absolute Gasteiger partial charge is 0.484 e. The predicted octanol–water partition coefficient (Wildman–Crippen LogP) is 4.68. The van der Waals surface area contributed by atoms with Crippen LogP contribution in [-0.4, -0.2) is 35.0 Å². The number of amides is 1. The first kappa shape index (κ1) is 17.5. The Balaban J connectivity index is 1.35. The summed E-state index contributed by atoms with van der Waals surface area (Å²) < 4.78 is 5.79. The Hall–Kier alpha value is -1.88. The van der Waals surface area contributed by atoms with Crippen LogP contribution in [0.15, 0.2) is 29.6 Å². The van der Waals surface area contributed by atoms with E-state index < -0.39 is 0 Å². The summed E-state index contributed by atoms with van der Waals surface area (Å²) in [4.78, 5) is 19.3. The Bertz CT molecular complexity index is 754. The summed E-state index contributed by atoms with van der Waals surface area (Å²) in [5, 5.41) is 3.07. The van der Waals surface area contributed by atoms with Gasteiger partial charge in [0.25, 0.3) is 5.91 Å². The molecule has 2 heterocycles. The van der Waals surface area contributed by atoms with Gasteiger partial charge < -0.3 is 9.64 Å². The van der Waals surface area contributed by atoms with Crippen LogP contribution < -0.4 is 4.74 Å². The van der Waals surface area contributed by atoms with Gasteiger partial charge >= 0.3 is 0 Å². The van der Waals surface area contributed by atoms with Crippen molar-refractivity contribution in [3.8, 4) is 16.3 Å². The average Bonchev–Trinajstić information content (AvgIpc) is 3.12. The summed E-state index contributed by atoms with van der Waals surface area (Å²) in [6.07, 6.45) is 7.45. The van der Waals surface area contributed by atoms with Gasteiger partial charge in [0.1, 0.15) is 10.8 Å². The first-order chi connectivity index (χ1) is 12.7. The van der Waals surface area contributed by atoms with E-state index in [-0.39, 0.29) is 12.5 Å². The molecule has 4 nitrogen and oxygen atoms in total. The number of hydrogen-bond acceptors (Lipinski definition) is 4. The third-order valence-electron chi connectivity index (χ3n) is 5.65. The van der Waals surface area contributed by atoms with Crippen LogP contribution in [0.1, 0.15) is 44.2 Å². The Morgan fingerprint density at radius 1 is 1.19 bits per heavy atom. The number of ether oxygens (including phenoxy) is 1. The lowest BCUT2D eigenvalue weighted by atomic mass is 9.78. The van der Waals surface area contributed by atoms with Gasteiger partial charge in [-0.25, -0.2) is 4.98 Å². The van der Waals surface area contributed by atoms with Crippen LogP contribution in [0, 0.1) is 12.8 Å². The summed E-state index contributed by atoms with van der Waals surface area (Å²) >= 11 is 1.64. The molecule has 1 aromatic heterocycles. The van der Waals surface area contributed by atoms with E-state index in [0.29, 0.717) is 12.0 Å². The van der Waals surface area contributed by atoms with Crippen molar-refractivity contribution in [1.29, 1.82) is 0 Å². The van der Waals surface area contributed by atoms with Crippen molar-refractivity contribution in [2.45, 2.75) is 51.5 Å². The number of carbonyl (C=O) groups excluding carboxylic acids is 1. The van der Waals surface area contributed by atoms with Crippen LogP contribution in [0.2, 0.25) is 0 Å². The highest BCUT2D eigenvalue weighted by molar-refractivity contribution is 7.13. The molecular formula is C21H26N2O2S. The number of aromatic nitrogens is 1. The van der Waals surface area contributed by atoms with Gasteiger partial charge in [-0.15, -0.1) is 11.3 Å². The Morgan fingerprint density at radius 2 is 1.96 bits per heavy atom. The van der Waals surface area contributed by atoms with Crippen molar-refractivity contribution in [2.75, 3.05) is 13.2 Å². The number of carbonyl (C=O) groups is 1. The van der Waals surface area contributed by atoms with Crippen LogP contribution in [0.4, 0.5) is 0 Å². The van der Waals surface area contributed by atoms with Crippen molar-refractivity contribution in [1.82, 2.24) is 9.88 Å². The smallest absolute Gasteiger partial charge is 0.260 e. The van der Waals surface area contributed by atoms with Crippen molar-refractivity contribution in [3.05, 3.63) is 35.3 Å². The lowest BCUT2D eigenvalue weighted by molar-refractivity contribution is -0.139. The lowest BCUT2D eigenvalue weighted by Gasteiger charge is -2.44. The zero-order valence-electron chi connectivity index (χ0n) is 15.3. The molecule has 1 aliphatic heterocycles. The molecule has 1 saturated carbocycles. The second-order valence-corrected chi connectivity index (χ2v) is 8.31. The van der Waals surface area contributed by atoms with E-state index >= 15 is 0 Å². The maximum Gasteiger partial charge on any atom is 0.260 e. The Labute approximate surface area is 159 Å². The fourth-order valence-corrected chi connectivity index (χ4v) is 5.15. The highest BCUT2D eigenvalue weighted by atomic mass is 32.1. The van der Waals surface area contributed by atoms with Crippen LogP contribution in [0.25, 0.3) is 10.6 Å². The van der Waals surface area contributed by atoms with E-state index in [0.717, 1.165) is 35.0 Å². The molecule has 1 amide bonds. The second-order valence-electron chi connectivity index (χ2n) is 7.45. The number of piperidine rings is 1. The Morgan fingerprint density at radius 3 is 2.73 bits per heavy atom. The van der Waals surface area contributed by atoms with Gasteiger partial charge in [-0.1, -0.05) is 12.8 Å². The highest BCUT2D eigenvalue weighted by Gasteiger charge is 2.35. The fourth-order valence-electron chi connectivity index (χ4n) is 4.34. The van der Waals surface area contributed by atoms with E-state index in [1.165, 1.54) is 32.1 Å². The summed E-state index contributed by atoms with van der Waals surface area (Å²) in [7, 11) is 0. The molecule has 1 saturated heterocycles. The van der Waals surface area contributed by atoms with Crippen molar-refractivity contribution >= 4 is 17.2 Å². The van der Waals surface area contributed by atoms with Gasteiger partial charge in [0.15, 0.2) is 6.61 Å². The van der Waals surface area contributed by atoms with E-state index in [4.69, 9.17) is 4.74 Å². The molecule has 0 spiro atoms. The third kappa shape index (κ3) is 3.78. The molecule has 0 radical (unpaired) electrons. The van der Waals surface area contributed by atoms with E-state index in [1.807, 2.05) is 31.2 Å². The van der Waals surface area contributed by atoms with Crippen LogP contribution >= 0.6 is 11.3 Å². The summed E-state index contributed by atoms with van der Waals surface area (Å²) in [5.74, 6) is 1.59. The van der Waals surface area contributed by atoms with Crippen LogP contribution in [0.5, 0.6) is 5.75 Å². The first-order valence-corrected chi connectivity index (χ1v) is 10.5. The quantitative estimate of drug-likeness (QED) is 0.785. The summed E-state index contributed by atoms with van der Waals surface area (Å²) in [6, 6.07) is 8.33. The van der Waals surface area contributed by atoms with Crippen LogP contribution in [-0.2, 0) is 4.79 Å². The molecule has 1 aliphatic carbocycles. The molecule has 0 unspecified atom stereocenters. The molecular weight excluding hydrogens is 344 g/mol. The van der Waals surface area contributed by atoms with Crippen molar-refractivity contribution in [3.63, 3.8) is 0 Å². The molecule has 2 atom stereocenters. The van der Waals surface area contributed by atoms with Gasteiger partial charge in [-0.2, -0.15) is 0 Å². The van der Waals surface area contributed by atoms with Gasteiger partial charge in [0.05, 0.1) is 0 Å². The number of fused-ring (bicyclic) bond motifs is 1. The maximum atomic E-state index is 12.7. The number of likely N-dealkylation sites (tertiary alicyclic amines) is 1. The molecule has 1 aromatic carbocycles. The SMILES string of the molecule is Cc1csc(-c2ccc(OCC(=O)N3CCC[C@@H]4CCCC[C@@H]43)cc2)n1. The maximum absolute atomic E-state index is 12.7. The van der Waals surface area contributed by atoms with Gasteiger partial charge in [0, 0.05) is 29.2 Å². The standard InChI is InChI=1S/C21H26N2O2S/c1-15-14-26-21(22-15)17-8-10-18(11-9-17)25-13-20(24)23-12-4-6-16-5-2-3-7-19(16)23/h8-11,14,16,19H,2-7,12-13H2,1H3/t16-,19-/m0/s1. The van der Waals surface area contributed by atoms with E-state index in [9.17, 15) is 4.79 Å². The lowest BCUT2D eigenvalue weighted by Crippen LogP contribution is -2.51. The molecule has 138 valence electrons. The van der Waals surface area contributed by atoms with E-state index in [2.05, 4.69) is 15.3 Å². The highest BCUT2D eigenvalue weighted by Crippen LogP contribution is 2.35. The minimum Gasteiger partial charge on any atom is -0.484 e. The molecule has 5 heteroatoms. The molecule has 26 heavy (non-hydrogen) atoms. The monoisotopic (exact) mass is 370 g/mol. The van der Waals surface area contributed by atoms with Gasteiger partial charge in [-0.05, 0) is 62.8 Å². The number of rotatable bonds is 4. The normalized spacial score (nSPS) is 22.7. The fraction of sp³-hybridized carbons (Fsp3) is 0.524. The van der Waals surface area contributed by atoms with Crippen molar-refractivity contribution in [2.24, 2.45) is 5.92 Å². The second kappa shape index (κ2) is 7.78. The molecule has 4 rings (SSSR count). The van der Waals surface area contributed by atoms with Crippen molar-refractivity contribution < 1.29 is 9.53 Å². The topological polar surface area (TPSA) is 42.4 Å². The predicted molar refractivity (Wildman–Crippen MR) is 104 cm³/mol. The van der Waals surface area contributed by atoms with Gasteiger partial charge in [-0.3, -0.25) is 4.79 Å². The number of aryl methyl sites for hydroxylation is 1. The molecule has 2 fully saturated rings. The third-order valence-corrected chi connectivity index (χ3v) is 6.66. The Kier molecular flexibility index (Phi) is 5.25. The van der Waals surface area contributed by atoms with Crippen LogP contribution in [0.3, 0.4) is 0 Å². The number of benzene rings is 1. The number of nitrogens with zero attached hydrogens (tertiary/aromatic N) is 2. The minimum atomic E-state index is 0.138. The number of thiazole rings is 1. The van der Waals surface area contributed by atoms with E-state index in [1.54, 1.807) is 11.3 Å². The molecule has 0 bridgehead atoms. The average molecular weight is 371 g/mol. The zero-order valence-corrected chi connectivity index (χ0v) is 16.1. The molecule has 0 N–H and O–H groups in total. The zero-order chi connectivity index (χ0) is 17.9. The molecule has 2 aliphatic rings. The first-order valence-electron chi connectivity index (χ1n) is 9.65. The summed E-state index contributed by atoms with van der Waals surface area (Å²) in [5.41, 5.74) is 2.13. The molecule has 2 aromatic rings. The van der Waals surface area contributed by atoms with Gasteiger partial charge in [0.2, 0.25) is 0 Å². The number of hydrogen-bond donors (Lipinski definition) is 0. The minimum absolute atomic E-state index is 0.138.